The number of carbonyl (C=O) groups is 2. The Balaban J connectivity index is 1.77. The van der Waals surface area contributed by atoms with Gasteiger partial charge in [-0.15, -0.1) is 0 Å². The molecule has 148 valence electrons. The number of para-hydroxylation sites is 2. The van der Waals surface area contributed by atoms with Crippen LogP contribution in [0.1, 0.15) is 32.8 Å². The van der Waals surface area contributed by atoms with Crippen LogP contribution in [0.5, 0.6) is 11.5 Å². The fourth-order valence-corrected chi connectivity index (χ4v) is 3.31. The van der Waals surface area contributed by atoms with Gasteiger partial charge in [-0.05, 0) is 35.2 Å². The summed E-state index contributed by atoms with van der Waals surface area (Å²) >= 11 is 0. The van der Waals surface area contributed by atoms with Crippen molar-refractivity contribution in [3.8, 4) is 11.5 Å². The number of nitrogens with one attached hydrogen (secondary N) is 1. The first-order valence-corrected chi connectivity index (χ1v) is 9.28. The fraction of sp³-hybridized carbons (Fsp3) is 0.364. The largest absolute Gasteiger partial charge is 0.506 e. The zero-order valence-corrected chi connectivity index (χ0v) is 16.7. The summed E-state index contributed by atoms with van der Waals surface area (Å²) < 4.78 is 5.33. The highest BCUT2D eigenvalue weighted by Crippen LogP contribution is 2.34. The second-order valence-corrected chi connectivity index (χ2v) is 8.05. The van der Waals surface area contributed by atoms with Gasteiger partial charge in [-0.2, -0.15) is 0 Å². The molecule has 1 fully saturated rings. The molecule has 0 bridgehead atoms. The average molecular weight is 382 g/mol. The second kappa shape index (κ2) is 7.54. The number of phenols is 1. The van der Waals surface area contributed by atoms with Gasteiger partial charge in [-0.25, -0.2) is 0 Å². The van der Waals surface area contributed by atoms with Crippen LogP contribution >= 0.6 is 0 Å². The molecule has 6 heteroatoms. The molecular formula is C22H26N2O4. The van der Waals surface area contributed by atoms with E-state index in [-0.39, 0.29) is 35.9 Å². The molecule has 1 heterocycles. The van der Waals surface area contributed by atoms with E-state index < -0.39 is 5.92 Å². The van der Waals surface area contributed by atoms with Crippen LogP contribution in [0.2, 0.25) is 0 Å². The Hall–Kier alpha value is -3.02. The zero-order chi connectivity index (χ0) is 20.5. The van der Waals surface area contributed by atoms with E-state index >= 15 is 0 Å². The highest BCUT2D eigenvalue weighted by atomic mass is 16.5. The van der Waals surface area contributed by atoms with Gasteiger partial charge in [0.15, 0.2) is 0 Å². The number of aromatic hydroxyl groups is 1. The molecule has 2 N–H and O–H groups in total. The fourth-order valence-electron chi connectivity index (χ4n) is 3.31. The summed E-state index contributed by atoms with van der Waals surface area (Å²) in [4.78, 5) is 26.9. The SMILES string of the molecule is COc1ccccc1N1C[C@H](C(=O)Nc2cc(C(C)(C)C)ccc2O)CC1=O. The maximum absolute atomic E-state index is 12.8. The van der Waals surface area contributed by atoms with Crippen molar-refractivity contribution in [2.75, 3.05) is 23.9 Å². The van der Waals surface area contributed by atoms with Crippen molar-refractivity contribution < 1.29 is 19.4 Å². The van der Waals surface area contributed by atoms with Gasteiger partial charge < -0.3 is 20.1 Å². The molecule has 0 aliphatic carbocycles. The van der Waals surface area contributed by atoms with Crippen molar-refractivity contribution in [2.24, 2.45) is 5.92 Å². The molecule has 1 atom stereocenters. The van der Waals surface area contributed by atoms with E-state index in [9.17, 15) is 14.7 Å². The third-order valence-electron chi connectivity index (χ3n) is 4.99. The summed E-state index contributed by atoms with van der Waals surface area (Å²) in [7, 11) is 1.55. The maximum Gasteiger partial charge on any atom is 0.229 e. The number of phenolic OH excluding ortho intramolecular Hbond substituents is 1. The summed E-state index contributed by atoms with van der Waals surface area (Å²) in [6.07, 6.45) is 0.115. The van der Waals surface area contributed by atoms with Crippen LogP contribution in [0.4, 0.5) is 11.4 Å². The molecule has 1 aliphatic heterocycles. The molecule has 2 amide bonds. The number of methoxy groups -OCH3 is 1. The first-order chi connectivity index (χ1) is 13.2. The molecule has 2 aromatic carbocycles. The molecule has 28 heavy (non-hydrogen) atoms. The van der Waals surface area contributed by atoms with Gasteiger partial charge in [0, 0.05) is 13.0 Å². The van der Waals surface area contributed by atoms with Crippen LogP contribution < -0.4 is 15.0 Å². The van der Waals surface area contributed by atoms with Crippen molar-refractivity contribution in [3.63, 3.8) is 0 Å². The summed E-state index contributed by atoms with van der Waals surface area (Å²) in [5, 5.41) is 12.9. The first-order valence-electron chi connectivity index (χ1n) is 9.28. The minimum Gasteiger partial charge on any atom is -0.506 e. The number of benzene rings is 2. The molecule has 0 unspecified atom stereocenters. The molecule has 0 aromatic heterocycles. The summed E-state index contributed by atoms with van der Waals surface area (Å²) in [6, 6.07) is 12.4. The summed E-state index contributed by atoms with van der Waals surface area (Å²) in [5.74, 6) is -0.320. The Labute approximate surface area is 165 Å². The monoisotopic (exact) mass is 382 g/mol. The number of carbonyl (C=O) groups excluding carboxylic acids is 2. The normalized spacial score (nSPS) is 16.9. The molecule has 0 saturated carbocycles. The Bertz CT molecular complexity index is 902. The summed E-state index contributed by atoms with van der Waals surface area (Å²) in [6.45, 7) is 6.45. The van der Waals surface area contributed by atoms with Crippen molar-refractivity contribution in [3.05, 3.63) is 48.0 Å². The lowest BCUT2D eigenvalue weighted by atomic mass is 9.87. The molecule has 0 spiro atoms. The van der Waals surface area contributed by atoms with Gasteiger partial charge >= 0.3 is 0 Å². The number of rotatable bonds is 4. The van der Waals surface area contributed by atoms with Gasteiger partial charge in [0.25, 0.3) is 0 Å². The van der Waals surface area contributed by atoms with Crippen LogP contribution in [0.15, 0.2) is 42.5 Å². The highest BCUT2D eigenvalue weighted by molar-refractivity contribution is 6.04. The lowest BCUT2D eigenvalue weighted by molar-refractivity contribution is -0.122. The second-order valence-electron chi connectivity index (χ2n) is 8.05. The van der Waals surface area contributed by atoms with Crippen LogP contribution in [0.25, 0.3) is 0 Å². The van der Waals surface area contributed by atoms with Crippen molar-refractivity contribution in [1.29, 1.82) is 0 Å². The standard InChI is InChI=1S/C22H26N2O4/c1-22(2,3)15-9-10-18(25)16(12-15)23-21(27)14-11-20(26)24(13-14)17-7-5-6-8-19(17)28-4/h5-10,12,14,25H,11,13H2,1-4H3,(H,23,27)/t14-/m1/s1. The molecular weight excluding hydrogens is 356 g/mol. The van der Waals surface area contributed by atoms with E-state index in [4.69, 9.17) is 4.74 Å². The average Bonchev–Trinajstić information content (AvgIpc) is 3.04. The van der Waals surface area contributed by atoms with Crippen molar-refractivity contribution >= 4 is 23.2 Å². The Morgan fingerprint density at radius 2 is 1.93 bits per heavy atom. The van der Waals surface area contributed by atoms with E-state index in [0.29, 0.717) is 17.1 Å². The topological polar surface area (TPSA) is 78.9 Å². The maximum atomic E-state index is 12.8. The van der Waals surface area contributed by atoms with E-state index in [1.807, 2.05) is 18.2 Å². The zero-order valence-electron chi connectivity index (χ0n) is 16.7. The highest BCUT2D eigenvalue weighted by Gasteiger charge is 2.36. The number of anilines is 2. The van der Waals surface area contributed by atoms with Crippen molar-refractivity contribution in [1.82, 2.24) is 0 Å². The third kappa shape index (κ3) is 3.96. The Morgan fingerprint density at radius 3 is 2.61 bits per heavy atom. The summed E-state index contributed by atoms with van der Waals surface area (Å²) in [5.41, 5.74) is 1.90. The third-order valence-corrected chi connectivity index (χ3v) is 4.99. The number of amides is 2. The minimum atomic E-state index is -0.505. The van der Waals surface area contributed by atoms with E-state index in [0.717, 1.165) is 5.56 Å². The first kappa shape index (κ1) is 19.7. The predicted octanol–water partition coefficient (Wildman–Crippen LogP) is 3.69. The van der Waals surface area contributed by atoms with Gasteiger partial charge in [-0.1, -0.05) is 39.0 Å². The van der Waals surface area contributed by atoms with Crippen LogP contribution in [-0.4, -0.2) is 30.6 Å². The van der Waals surface area contributed by atoms with Gasteiger partial charge in [-0.3, -0.25) is 9.59 Å². The minimum absolute atomic E-state index is 0.00672. The smallest absolute Gasteiger partial charge is 0.229 e. The van der Waals surface area contributed by atoms with Crippen LogP contribution in [0.3, 0.4) is 0 Å². The van der Waals surface area contributed by atoms with E-state index in [2.05, 4.69) is 26.1 Å². The Morgan fingerprint density at radius 1 is 1.21 bits per heavy atom. The molecule has 6 nitrogen and oxygen atoms in total. The lowest BCUT2D eigenvalue weighted by Gasteiger charge is -2.21. The van der Waals surface area contributed by atoms with Gasteiger partial charge in [0.05, 0.1) is 24.4 Å². The van der Waals surface area contributed by atoms with Gasteiger partial charge in [0.2, 0.25) is 11.8 Å². The molecule has 0 radical (unpaired) electrons. The van der Waals surface area contributed by atoms with E-state index in [1.165, 1.54) is 0 Å². The number of hydrogen-bond acceptors (Lipinski definition) is 4. The molecule has 1 saturated heterocycles. The number of nitrogens with zero attached hydrogens (tertiary/aromatic N) is 1. The van der Waals surface area contributed by atoms with E-state index in [1.54, 1.807) is 36.3 Å². The number of hydrogen-bond donors (Lipinski definition) is 2. The van der Waals surface area contributed by atoms with Crippen LogP contribution in [0, 0.1) is 5.92 Å². The van der Waals surface area contributed by atoms with Crippen molar-refractivity contribution in [2.45, 2.75) is 32.6 Å². The lowest BCUT2D eigenvalue weighted by Crippen LogP contribution is -2.28. The molecule has 2 aromatic rings. The Kier molecular flexibility index (Phi) is 5.31. The quantitative estimate of drug-likeness (QED) is 0.791. The molecule has 3 rings (SSSR count). The predicted molar refractivity (Wildman–Crippen MR) is 109 cm³/mol. The number of ether oxygens (including phenoxy) is 1. The van der Waals surface area contributed by atoms with Crippen LogP contribution in [-0.2, 0) is 15.0 Å². The molecule has 1 aliphatic rings. The van der Waals surface area contributed by atoms with Gasteiger partial charge in [0.1, 0.15) is 11.5 Å².